The lowest BCUT2D eigenvalue weighted by molar-refractivity contribution is -0.116. The fraction of sp³-hybridized carbons (Fsp3) is 0.250. The van der Waals surface area contributed by atoms with Crippen LogP contribution in [0, 0.1) is 13.8 Å². The molecule has 0 saturated carbocycles. The second kappa shape index (κ2) is 8.63. The summed E-state index contributed by atoms with van der Waals surface area (Å²) in [5.74, 6) is -0.383. The van der Waals surface area contributed by atoms with Gasteiger partial charge in [-0.1, -0.05) is 29.3 Å². The Hall–Kier alpha value is -2.57. The van der Waals surface area contributed by atoms with Gasteiger partial charge in [-0.3, -0.25) is 14.0 Å². The molecule has 3 rings (SSSR count). The van der Waals surface area contributed by atoms with Crippen molar-refractivity contribution in [3.63, 3.8) is 0 Å². The van der Waals surface area contributed by atoms with Crippen LogP contribution >= 0.6 is 23.2 Å². The lowest BCUT2D eigenvalue weighted by atomic mass is 10.2. The molecule has 2 amide bonds. The molecule has 0 aliphatic heterocycles. The summed E-state index contributed by atoms with van der Waals surface area (Å²) < 4.78 is 1.79. The van der Waals surface area contributed by atoms with Gasteiger partial charge in [0.1, 0.15) is 11.3 Å². The standard InChI is InChI=1S/C20H20Cl2N4O2/c1-12-5-4-8-26-18(13(2)24-19(12)26)20(28)23-7-3-6-17(27)25-16-10-14(21)9-15(22)11-16/h4-5,8-11H,3,6-7H2,1-2H3,(H,23,28)(H,25,27). The number of fused-ring (bicyclic) bond motifs is 1. The summed E-state index contributed by atoms with van der Waals surface area (Å²) in [6.45, 7) is 4.14. The largest absolute Gasteiger partial charge is 0.351 e. The van der Waals surface area contributed by atoms with Gasteiger partial charge in [0, 0.05) is 34.9 Å². The monoisotopic (exact) mass is 418 g/mol. The van der Waals surface area contributed by atoms with E-state index in [2.05, 4.69) is 15.6 Å². The van der Waals surface area contributed by atoms with Crippen LogP contribution in [0.25, 0.3) is 5.65 Å². The quantitative estimate of drug-likeness (QED) is 0.582. The molecule has 0 saturated heterocycles. The van der Waals surface area contributed by atoms with Crippen molar-refractivity contribution in [1.29, 1.82) is 0 Å². The van der Waals surface area contributed by atoms with E-state index in [1.165, 1.54) is 0 Å². The van der Waals surface area contributed by atoms with Crippen LogP contribution in [0.4, 0.5) is 5.69 Å². The summed E-state index contributed by atoms with van der Waals surface area (Å²) in [5, 5.41) is 6.50. The third-order valence-corrected chi connectivity index (χ3v) is 4.68. The molecule has 8 heteroatoms. The van der Waals surface area contributed by atoms with E-state index in [9.17, 15) is 9.59 Å². The van der Waals surface area contributed by atoms with E-state index in [1.54, 1.807) is 22.6 Å². The Balaban J connectivity index is 1.53. The Morgan fingerprint density at radius 2 is 1.86 bits per heavy atom. The average Bonchev–Trinajstić information content (AvgIpc) is 2.95. The van der Waals surface area contributed by atoms with Gasteiger partial charge in [0.15, 0.2) is 0 Å². The molecular weight excluding hydrogens is 399 g/mol. The summed E-state index contributed by atoms with van der Waals surface area (Å²) >= 11 is 11.8. The number of imidazole rings is 1. The molecule has 2 aromatic heterocycles. The molecule has 0 atom stereocenters. The maximum atomic E-state index is 12.6. The SMILES string of the molecule is Cc1nc2c(C)cccn2c1C(=O)NCCCC(=O)Nc1cc(Cl)cc(Cl)c1. The van der Waals surface area contributed by atoms with Crippen LogP contribution < -0.4 is 10.6 Å². The third-order valence-electron chi connectivity index (χ3n) is 4.25. The predicted molar refractivity (Wildman–Crippen MR) is 111 cm³/mol. The molecule has 28 heavy (non-hydrogen) atoms. The van der Waals surface area contributed by atoms with Crippen molar-refractivity contribution in [3.8, 4) is 0 Å². The lowest BCUT2D eigenvalue weighted by Crippen LogP contribution is -2.27. The normalized spacial score (nSPS) is 10.9. The zero-order valence-corrected chi connectivity index (χ0v) is 17.1. The van der Waals surface area contributed by atoms with Crippen LogP contribution in [0.15, 0.2) is 36.5 Å². The highest BCUT2D eigenvalue weighted by Crippen LogP contribution is 2.22. The second-order valence-electron chi connectivity index (χ2n) is 6.50. The number of aryl methyl sites for hydroxylation is 2. The van der Waals surface area contributed by atoms with Gasteiger partial charge in [-0.05, 0) is 50.1 Å². The third kappa shape index (κ3) is 4.64. The fourth-order valence-electron chi connectivity index (χ4n) is 2.97. The number of hydrogen-bond acceptors (Lipinski definition) is 3. The number of carbonyl (C=O) groups excluding carboxylic acids is 2. The first-order chi connectivity index (χ1) is 13.3. The summed E-state index contributed by atoms with van der Waals surface area (Å²) in [5.41, 5.74) is 3.49. The molecule has 6 nitrogen and oxygen atoms in total. The molecule has 0 aliphatic carbocycles. The van der Waals surface area contributed by atoms with E-state index in [4.69, 9.17) is 23.2 Å². The molecule has 2 heterocycles. The minimum atomic E-state index is -0.211. The Morgan fingerprint density at radius 1 is 1.14 bits per heavy atom. The van der Waals surface area contributed by atoms with E-state index in [0.717, 1.165) is 11.2 Å². The number of amides is 2. The topological polar surface area (TPSA) is 75.5 Å². The number of aromatic nitrogens is 2. The van der Waals surface area contributed by atoms with E-state index in [0.29, 0.717) is 40.1 Å². The zero-order valence-electron chi connectivity index (χ0n) is 15.6. The number of benzene rings is 1. The number of hydrogen-bond donors (Lipinski definition) is 2. The summed E-state index contributed by atoms with van der Waals surface area (Å²) in [6.07, 6.45) is 2.58. The number of rotatable bonds is 6. The van der Waals surface area contributed by atoms with Gasteiger partial charge in [-0.15, -0.1) is 0 Å². The zero-order chi connectivity index (χ0) is 20.3. The van der Waals surface area contributed by atoms with Crippen molar-refractivity contribution >= 4 is 46.4 Å². The first kappa shape index (κ1) is 20.2. The van der Waals surface area contributed by atoms with E-state index < -0.39 is 0 Å². The minimum Gasteiger partial charge on any atom is -0.351 e. The van der Waals surface area contributed by atoms with Crippen LogP contribution in [-0.2, 0) is 4.79 Å². The molecular formula is C20H20Cl2N4O2. The highest BCUT2D eigenvalue weighted by molar-refractivity contribution is 6.35. The minimum absolute atomic E-state index is 0.172. The first-order valence-electron chi connectivity index (χ1n) is 8.83. The maximum Gasteiger partial charge on any atom is 0.270 e. The number of nitrogens with zero attached hydrogens (tertiary/aromatic N) is 2. The smallest absolute Gasteiger partial charge is 0.270 e. The summed E-state index contributed by atoms with van der Waals surface area (Å²) in [7, 11) is 0. The van der Waals surface area contributed by atoms with Crippen LogP contribution in [0.1, 0.15) is 34.6 Å². The van der Waals surface area contributed by atoms with E-state index >= 15 is 0 Å². The van der Waals surface area contributed by atoms with Gasteiger partial charge in [-0.2, -0.15) is 0 Å². The van der Waals surface area contributed by atoms with Crippen molar-refractivity contribution in [2.45, 2.75) is 26.7 Å². The molecule has 0 bridgehead atoms. The van der Waals surface area contributed by atoms with Gasteiger partial charge in [0.25, 0.3) is 5.91 Å². The van der Waals surface area contributed by atoms with Gasteiger partial charge in [0.2, 0.25) is 5.91 Å². The highest BCUT2D eigenvalue weighted by Gasteiger charge is 2.17. The van der Waals surface area contributed by atoms with Crippen molar-refractivity contribution in [3.05, 3.63) is 63.5 Å². The van der Waals surface area contributed by atoms with E-state index in [1.807, 2.05) is 32.2 Å². The van der Waals surface area contributed by atoms with Crippen molar-refractivity contribution in [1.82, 2.24) is 14.7 Å². The molecule has 0 spiro atoms. The van der Waals surface area contributed by atoms with Crippen molar-refractivity contribution in [2.75, 3.05) is 11.9 Å². The van der Waals surface area contributed by atoms with Gasteiger partial charge in [0.05, 0.1) is 5.69 Å². The van der Waals surface area contributed by atoms with Crippen LogP contribution in [0.5, 0.6) is 0 Å². The van der Waals surface area contributed by atoms with Gasteiger partial charge >= 0.3 is 0 Å². The number of pyridine rings is 1. The molecule has 146 valence electrons. The Bertz CT molecular complexity index is 1030. The molecule has 0 aliphatic rings. The maximum absolute atomic E-state index is 12.6. The number of nitrogens with one attached hydrogen (secondary N) is 2. The fourth-order valence-corrected chi connectivity index (χ4v) is 3.50. The van der Waals surface area contributed by atoms with E-state index in [-0.39, 0.29) is 18.2 Å². The number of carbonyl (C=O) groups is 2. The number of halogens is 2. The van der Waals surface area contributed by atoms with Crippen LogP contribution in [-0.4, -0.2) is 27.7 Å². The lowest BCUT2D eigenvalue weighted by Gasteiger charge is -2.08. The molecule has 0 unspecified atom stereocenters. The van der Waals surface area contributed by atoms with Crippen molar-refractivity contribution in [2.24, 2.45) is 0 Å². The predicted octanol–water partition coefficient (Wildman–Crippen LogP) is 4.41. The van der Waals surface area contributed by atoms with Crippen molar-refractivity contribution < 1.29 is 9.59 Å². The molecule has 1 aromatic carbocycles. The van der Waals surface area contributed by atoms with Crippen LogP contribution in [0.2, 0.25) is 10.0 Å². The summed E-state index contributed by atoms with van der Waals surface area (Å²) in [6, 6.07) is 8.69. The Labute approximate surface area is 172 Å². The average molecular weight is 419 g/mol. The number of anilines is 1. The molecule has 0 fully saturated rings. The highest BCUT2D eigenvalue weighted by atomic mass is 35.5. The second-order valence-corrected chi connectivity index (χ2v) is 7.37. The Morgan fingerprint density at radius 3 is 2.57 bits per heavy atom. The Kier molecular flexibility index (Phi) is 6.21. The van der Waals surface area contributed by atoms with Gasteiger partial charge < -0.3 is 10.6 Å². The molecule has 0 radical (unpaired) electrons. The first-order valence-corrected chi connectivity index (χ1v) is 9.59. The van der Waals surface area contributed by atoms with Gasteiger partial charge in [-0.25, -0.2) is 4.98 Å². The summed E-state index contributed by atoms with van der Waals surface area (Å²) in [4.78, 5) is 29.1. The van der Waals surface area contributed by atoms with Crippen LogP contribution in [0.3, 0.4) is 0 Å². The molecule has 2 N–H and O–H groups in total. The molecule has 3 aromatic rings.